The maximum absolute atomic E-state index is 13.2. The van der Waals surface area contributed by atoms with Crippen molar-refractivity contribution in [1.82, 2.24) is 20.9 Å². The minimum absolute atomic E-state index is 0.0137. The first-order chi connectivity index (χ1) is 16.3. The van der Waals surface area contributed by atoms with Crippen LogP contribution in [0.3, 0.4) is 0 Å². The molecule has 8 heteroatoms. The van der Waals surface area contributed by atoms with E-state index >= 15 is 0 Å². The Morgan fingerprint density at radius 2 is 1.86 bits per heavy atom. The lowest BCUT2D eigenvalue weighted by atomic mass is 9.86. The zero-order valence-electron chi connectivity index (χ0n) is 21.5. The number of H-pyrrole nitrogens is 1. The number of amides is 3. The van der Waals surface area contributed by atoms with Crippen molar-refractivity contribution in [2.75, 3.05) is 6.54 Å². The molecule has 0 spiro atoms. The molecule has 0 radical (unpaired) electrons. The van der Waals surface area contributed by atoms with Crippen molar-refractivity contribution in [1.29, 1.82) is 5.26 Å². The molecular weight excluding hydrogens is 442 g/mol. The van der Waals surface area contributed by atoms with Gasteiger partial charge in [0.1, 0.15) is 17.8 Å². The molecular formula is C27H37N5O3. The second kappa shape index (κ2) is 10.1. The smallest absolute Gasteiger partial charge is 0.268 e. The molecule has 8 nitrogen and oxygen atoms in total. The summed E-state index contributed by atoms with van der Waals surface area (Å²) in [5.41, 5.74) is 2.13. The molecule has 2 aromatic rings. The Bertz CT molecular complexity index is 1150. The van der Waals surface area contributed by atoms with Gasteiger partial charge in [-0.05, 0) is 53.9 Å². The highest BCUT2D eigenvalue weighted by Gasteiger charge is 2.32. The van der Waals surface area contributed by atoms with Gasteiger partial charge >= 0.3 is 0 Å². The summed E-state index contributed by atoms with van der Waals surface area (Å²) in [5, 5.41) is 18.8. The van der Waals surface area contributed by atoms with E-state index in [1.54, 1.807) is 6.07 Å². The van der Waals surface area contributed by atoms with Gasteiger partial charge in [-0.25, -0.2) is 0 Å². The average molecular weight is 480 g/mol. The summed E-state index contributed by atoms with van der Waals surface area (Å²) in [7, 11) is 0. The quantitative estimate of drug-likeness (QED) is 0.484. The van der Waals surface area contributed by atoms with Gasteiger partial charge in [-0.1, -0.05) is 47.6 Å². The SMILES string of the molecule is CC(C)(C)C[C@H](NC(=O)c1cc2cc(C(C)(C)C)ccc2[nH]1)C(=O)N[C@H](C#N)C[C@@H]1CCNC1=O. The molecule has 1 aliphatic heterocycles. The number of benzene rings is 1. The van der Waals surface area contributed by atoms with Gasteiger partial charge in [0.25, 0.3) is 5.91 Å². The Labute approximate surface area is 207 Å². The first-order valence-electron chi connectivity index (χ1n) is 12.2. The molecule has 4 N–H and O–H groups in total. The number of nitriles is 1. The van der Waals surface area contributed by atoms with Gasteiger partial charge in [0.15, 0.2) is 0 Å². The number of hydrogen-bond donors (Lipinski definition) is 4. The second-order valence-electron chi connectivity index (χ2n) is 11.7. The van der Waals surface area contributed by atoms with E-state index in [0.717, 1.165) is 10.9 Å². The molecule has 0 bridgehead atoms. The molecule has 2 heterocycles. The van der Waals surface area contributed by atoms with E-state index < -0.39 is 18.0 Å². The Morgan fingerprint density at radius 3 is 2.43 bits per heavy atom. The minimum Gasteiger partial charge on any atom is -0.356 e. The lowest BCUT2D eigenvalue weighted by Crippen LogP contribution is -2.51. The molecule has 188 valence electrons. The molecule has 0 aliphatic carbocycles. The van der Waals surface area contributed by atoms with Gasteiger partial charge < -0.3 is 20.9 Å². The van der Waals surface area contributed by atoms with E-state index in [1.807, 2.05) is 32.9 Å². The predicted octanol–water partition coefficient (Wildman–Crippen LogP) is 3.53. The maximum Gasteiger partial charge on any atom is 0.268 e. The molecule has 1 fully saturated rings. The van der Waals surface area contributed by atoms with Crippen LogP contribution >= 0.6 is 0 Å². The van der Waals surface area contributed by atoms with Crippen molar-refractivity contribution in [3.05, 3.63) is 35.5 Å². The molecule has 3 atom stereocenters. The van der Waals surface area contributed by atoms with E-state index in [-0.39, 0.29) is 35.0 Å². The lowest BCUT2D eigenvalue weighted by molar-refractivity contribution is -0.125. The molecule has 0 unspecified atom stereocenters. The first kappa shape index (κ1) is 26.3. The van der Waals surface area contributed by atoms with Crippen molar-refractivity contribution in [3.8, 4) is 6.07 Å². The number of aromatic nitrogens is 1. The molecule has 35 heavy (non-hydrogen) atoms. The Balaban J connectivity index is 1.75. The highest BCUT2D eigenvalue weighted by molar-refractivity contribution is 6.00. The monoisotopic (exact) mass is 479 g/mol. The third kappa shape index (κ3) is 6.84. The molecule has 3 amide bonds. The predicted molar refractivity (Wildman–Crippen MR) is 136 cm³/mol. The third-order valence-corrected chi connectivity index (χ3v) is 6.33. The van der Waals surface area contributed by atoms with Gasteiger partial charge in [0.2, 0.25) is 11.8 Å². The topological polar surface area (TPSA) is 127 Å². The van der Waals surface area contributed by atoms with Crippen molar-refractivity contribution < 1.29 is 14.4 Å². The first-order valence-corrected chi connectivity index (χ1v) is 12.2. The van der Waals surface area contributed by atoms with Crippen LogP contribution in [0.15, 0.2) is 24.3 Å². The number of fused-ring (bicyclic) bond motifs is 1. The molecule has 1 aromatic carbocycles. The molecule has 1 aliphatic rings. The van der Waals surface area contributed by atoms with E-state index in [2.05, 4.69) is 53.8 Å². The zero-order valence-corrected chi connectivity index (χ0v) is 21.5. The number of rotatable bonds is 7. The Morgan fingerprint density at radius 1 is 1.14 bits per heavy atom. The largest absolute Gasteiger partial charge is 0.356 e. The summed E-state index contributed by atoms with van der Waals surface area (Å²) in [5.74, 6) is -1.19. The van der Waals surface area contributed by atoms with Crippen LogP contribution in [0.25, 0.3) is 10.9 Å². The third-order valence-electron chi connectivity index (χ3n) is 6.33. The van der Waals surface area contributed by atoms with E-state index in [4.69, 9.17) is 0 Å². The van der Waals surface area contributed by atoms with Crippen LogP contribution in [-0.4, -0.2) is 41.3 Å². The van der Waals surface area contributed by atoms with Gasteiger partial charge in [0.05, 0.1) is 6.07 Å². The van der Waals surface area contributed by atoms with Gasteiger partial charge in [0, 0.05) is 23.4 Å². The molecule has 3 rings (SSSR count). The normalized spacial score (nSPS) is 18.0. The summed E-state index contributed by atoms with van der Waals surface area (Å²) in [6.45, 7) is 13.0. The highest BCUT2D eigenvalue weighted by Crippen LogP contribution is 2.27. The number of nitrogens with one attached hydrogen (secondary N) is 4. The number of aromatic amines is 1. The number of carbonyl (C=O) groups excluding carboxylic acids is 3. The molecule has 1 aromatic heterocycles. The lowest BCUT2D eigenvalue weighted by Gasteiger charge is -2.27. The number of nitrogens with zero attached hydrogens (tertiary/aromatic N) is 1. The van der Waals surface area contributed by atoms with Crippen molar-refractivity contribution in [3.63, 3.8) is 0 Å². The summed E-state index contributed by atoms with van der Waals surface area (Å²) < 4.78 is 0. The maximum atomic E-state index is 13.2. The molecule has 1 saturated heterocycles. The van der Waals surface area contributed by atoms with E-state index in [9.17, 15) is 19.6 Å². The summed E-state index contributed by atoms with van der Waals surface area (Å²) in [6.07, 6.45) is 1.29. The average Bonchev–Trinajstić information content (AvgIpc) is 3.36. The fraction of sp³-hybridized carbons (Fsp3) is 0.556. The zero-order chi connectivity index (χ0) is 26.0. The number of carbonyl (C=O) groups is 3. The van der Waals surface area contributed by atoms with Crippen LogP contribution < -0.4 is 16.0 Å². The van der Waals surface area contributed by atoms with Crippen LogP contribution in [0.1, 0.15) is 76.9 Å². The van der Waals surface area contributed by atoms with Crippen molar-refractivity contribution >= 4 is 28.6 Å². The number of hydrogen-bond acceptors (Lipinski definition) is 4. The Kier molecular flexibility index (Phi) is 7.59. The van der Waals surface area contributed by atoms with Gasteiger partial charge in [-0.2, -0.15) is 5.26 Å². The van der Waals surface area contributed by atoms with Crippen LogP contribution in [0.2, 0.25) is 0 Å². The summed E-state index contributed by atoms with van der Waals surface area (Å²) in [4.78, 5) is 41.3. The summed E-state index contributed by atoms with van der Waals surface area (Å²) in [6, 6.07) is 8.32. The second-order valence-corrected chi connectivity index (χ2v) is 11.7. The standard InChI is InChI=1S/C27H37N5O3/c1-26(2,3)14-22(25(35)30-19(15-28)12-16-9-10-29-23(16)33)32-24(34)21-13-17-11-18(27(4,5)6)7-8-20(17)31-21/h7-8,11,13,16,19,22,31H,9-10,12,14H2,1-6H3,(H,29,33)(H,30,35)(H,32,34)/t16-,19-,22-/m0/s1. The fourth-order valence-electron chi connectivity index (χ4n) is 4.35. The van der Waals surface area contributed by atoms with Crippen LogP contribution in [0, 0.1) is 22.7 Å². The van der Waals surface area contributed by atoms with Gasteiger partial charge in [-0.3, -0.25) is 14.4 Å². The van der Waals surface area contributed by atoms with Crippen LogP contribution in [0.5, 0.6) is 0 Å². The fourth-order valence-corrected chi connectivity index (χ4v) is 4.35. The van der Waals surface area contributed by atoms with Crippen molar-refractivity contribution in [2.24, 2.45) is 11.3 Å². The van der Waals surface area contributed by atoms with Crippen molar-refractivity contribution in [2.45, 2.75) is 78.3 Å². The minimum atomic E-state index is -0.827. The highest BCUT2D eigenvalue weighted by atomic mass is 16.2. The van der Waals surface area contributed by atoms with Crippen LogP contribution in [0.4, 0.5) is 0 Å². The molecule has 0 saturated carbocycles. The van der Waals surface area contributed by atoms with E-state index in [1.165, 1.54) is 5.56 Å². The van der Waals surface area contributed by atoms with E-state index in [0.29, 0.717) is 25.1 Å². The summed E-state index contributed by atoms with van der Waals surface area (Å²) >= 11 is 0. The van der Waals surface area contributed by atoms with Crippen LogP contribution in [-0.2, 0) is 15.0 Å². The Hall–Kier alpha value is -3.34. The van der Waals surface area contributed by atoms with Gasteiger partial charge in [-0.15, -0.1) is 0 Å².